The van der Waals surface area contributed by atoms with Gasteiger partial charge < -0.3 is 9.64 Å². The highest BCUT2D eigenvalue weighted by Crippen LogP contribution is 2.43. The minimum atomic E-state index is 0.207. The van der Waals surface area contributed by atoms with Crippen molar-refractivity contribution >= 4 is 5.91 Å². The van der Waals surface area contributed by atoms with E-state index in [4.69, 9.17) is 4.74 Å². The molecule has 3 heteroatoms. The van der Waals surface area contributed by atoms with E-state index in [1.54, 1.807) is 11.1 Å². The fraction of sp³-hybridized carbons (Fsp3) is 0.550. The normalized spacial score (nSPS) is 26.2. The molecule has 1 aromatic carbocycles. The van der Waals surface area contributed by atoms with Gasteiger partial charge in [-0.2, -0.15) is 0 Å². The first-order valence-corrected chi connectivity index (χ1v) is 9.01. The van der Waals surface area contributed by atoms with E-state index in [-0.39, 0.29) is 5.91 Å². The molecule has 1 saturated carbocycles. The molecule has 1 aromatic rings. The minimum absolute atomic E-state index is 0.207. The lowest BCUT2D eigenvalue weighted by molar-refractivity contribution is 0.0633. The Morgan fingerprint density at radius 1 is 1.09 bits per heavy atom. The first-order valence-electron chi connectivity index (χ1n) is 9.01. The molecule has 2 bridgehead atoms. The van der Waals surface area contributed by atoms with E-state index in [2.05, 4.69) is 4.90 Å². The Morgan fingerprint density at radius 3 is 2.26 bits per heavy atom. The van der Waals surface area contributed by atoms with Gasteiger partial charge in [-0.1, -0.05) is 11.1 Å². The number of carbonyl (C=O) groups excluding carboxylic acids is 1. The Kier molecular flexibility index (Phi) is 3.88. The smallest absolute Gasteiger partial charge is 0.254 e. The molecule has 1 amide bonds. The maximum atomic E-state index is 13.0. The van der Waals surface area contributed by atoms with Gasteiger partial charge in [0.05, 0.1) is 6.61 Å². The Hall–Kier alpha value is -1.77. The number of benzene rings is 1. The van der Waals surface area contributed by atoms with Crippen LogP contribution in [0.1, 0.15) is 62.2 Å². The summed E-state index contributed by atoms with van der Waals surface area (Å²) in [6, 6.07) is 8.49. The molecule has 0 N–H and O–H groups in total. The summed E-state index contributed by atoms with van der Waals surface area (Å²) in [7, 11) is 0. The Balaban J connectivity index is 1.51. The van der Waals surface area contributed by atoms with Crippen LogP contribution in [0.5, 0.6) is 5.75 Å². The molecule has 0 radical (unpaired) electrons. The number of nitrogens with zero attached hydrogens (tertiary/aromatic N) is 1. The van der Waals surface area contributed by atoms with Crippen molar-refractivity contribution in [1.82, 2.24) is 4.90 Å². The monoisotopic (exact) mass is 311 g/mol. The van der Waals surface area contributed by atoms with Crippen molar-refractivity contribution in [3.05, 3.63) is 41.0 Å². The second kappa shape index (κ2) is 6.03. The van der Waals surface area contributed by atoms with Crippen LogP contribution in [-0.2, 0) is 0 Å². The van der Waals surface area contributed by atoms with Crippen molar-refractivity contribution < 1.29 is 9.53 Å². The quantitative estimate of drug-likeness (QED) is 0.777. The van der Waals surface area contributed by atoms with Crippen LogP contribution in [0.4, 0.5) is 0 Å². The van der Waals surface area contributed by atoms with Gasteiger partial charge in [0.1, 0.15) is 5.75 Å². The van der Waals surface area contributed by atoms with E-state index in [0.717, 1.165) is 24.2 Å². The summed E-state index contributed by atoms with van der Waals surface area (Å²) in [5.41, 5.74) is 4.18. The highest BCUT2D eigenvalue weighted by atomic mass is 16.5. The number of hydrogen-bond acceptors (Lipinski definition) is 2. The van der Waals surface area contributed by atoms with Gasteiger partial charge in [0.15, 0.2) is 0 Å². The lowest BCUT2D eigenvalue weighted by Crippen LogP contribution is -2.45. The summed E-state index contributed by atoms with van der Waals surface area (Å²) in [5.74, 6) is 1.04. The Labute approximate surface area is 138 Å². The van der Waals surface area contributed by atoms with Gasteiger partial charge in [-0.15, -0.1) is 0 Å². The second-order valence-electron chi connectivity index (χ2n) is 7.02. The number of piperidine rings is 1. The van der Waals surface area contributed by atoms with Gasteiger partial charge in [-0.25, -0.2) is 0 Å². The van der Waals surface area contributed by atoms with Gasteiger partial charge in [-0.3, -0.25) is 4.79 Å². The van der Waals surface area contributed by atoms with Crippen LogP contribution >= 0.6 is 0 Å². The minimum Gasteiger partial charge on any atom is -0.494 e. The molecule has 3 fully saturated rings. The first-order chi connectivity index (χ1) is 11.3. The van der Waals surface area contributed by atoms with Gasteiger partial charge in [0.25, 0.3) is 5.91 Å². The molecule has 0 aromatic heterocycles. The van der Waals surface area contributed by atoms with Crippen LogP contribution in [0.2, 0.25) is 0 Å². The van der Waals surface area contributed by atoms with E-state index in [1.807, 2.05) is 31.2 Å². The largest absolute Gasteiger partial charge is 0.494 e. The number of rotatable bonds is 3. The number of ether oxygens (including phenoxy) is 1. The van der Waals surface area contributed by atoms with Crippen molar-refractivity contribution in [2.24, 2.45) is 0 Å². The number of carbonyl (C=O) groups is 1. The molecule has 122 valence electrons. The van der Waals surface area contributed by atoms with Crippen LogP contribution in [0.15, 0.2) is 35.4 Å². The van der Waals surface area contributed by atoms with Crippen LogP contribution in [0.25, 0.3) is 0 Å². The number of hydrogen-bond donors (Lipinski definition) is 0. The van der Waals surface area contributed by atoms with E-state index < -0.39 is 0 Å². The summed E-state index contributed by atoms with van der Waals surface area (Å²) >= 11 is 0. The standard InChI is InChI=1S/C20H25NO2/c1-2-23-19-10-6-15(7-11-19)20(22)21-17-8-9-18(21)13-16(12-17)14-4-3-5-14/h6-7,10-11,17-18H,2-5,8-9,12-13H2,1H3. The molecule has 2 heterocycles. The zero-order valence-corrected chi connectivity index (χ0v) is 13.9. The highest BCUT2D eigenvalue weighted by molar-refractivity contribution is 5.95. The topological polar surface area (TPSA) is 29.5 Å². The van der Waals surface area contributed by atoms with Gasteiger partial charge in [0.2, 0.25) is 0 Å². The van der Waals surface area contributed by atoms with Gasteiger partial charge >= 0.3 is 0 Å². The predicted molar refractivity (Wildman–Crippen MR) is 90.7 cm³/mol. The third kappa shape index (κ3) is 2.66. The number of allylic oxidation sites excluding steroid dienone is 1. The molecular weight excluding hydrogens is 286 g/mol. The molecule has 3 aliphatic rings. The molecule has 2 unspecified atom stereocenters. The summed E-state index contributed by atoms with van der Waals surface area (Å²) in [5, 5.41) is 0. The molecule has 23 heavy (non-hydrogen) atoms. The molecule has 4 rings (SSSR count). The maximum Gasteiger partial charge on any atom is 0.254 e. The molecule has 1 aliphatic carbocycles. The number of amides is 1. The maximum absolute atomic E-state index is 13.0. The van der Waals surface area contributed by atoms with Gasteiger partial charge in [-0.05, 0) is 76.1 Å². The van der Waals surface area contributed by atoms with E-state index in [9.17, 15) is 4.79 Å². The fourth-order valence-electron chi connectivity index (χ4n) is 4.35. The fourth-order valence-corrected chi connectivity index (χ4v) is 4.35. The molecule has 3 nitrogen and oxygen atoms in total. The highest BCUT2D eigenvalue weighted by Gasteiger charge is 2.42. The summed E-state index contributed by atoms with van der Waals surface area (Å²) in [6.07, 6.45) is 8.56. The molecule has 2 saturated heterocycles. The summed E-state index contributed by atoms with van der Waals surface area (Å²) in [4.78, 5) is 15.1. The molecule has 0 spiro atoms. The molecule has 2 aliphatic heterocycles. The van der Waals surface area contributed by atoms with Crippen LogP contribution in [-0.4, -0.2) is 29.5 Å². The van der Waals surface area contributed by atoms with Crippen molar-refractivity contribution in [2.75, 3.05) is 6.61 Å². The van der Waals surface area contributed by atoms with Crippen LogP contribution in [0, 0.1) is 0 Å². The lowest BCUT2D eigenvalue weighted by atomic mass is 9.82. The third-order valence-electron chi connectivity index (χ3n) is 5.69. The average Bonchev–Trinajstić information content (AvgIpc) is 2.77. The molecular formula is C20H25NO2. The van der Waals surface area contributed by atoms with Crippen LogP contribution in [0.3, 0.4) is 0 Å². The first kappa shape index (κ1) is 14.8. The third-order valence-corrected chi connectivity index (χ3v) is 5.69. The SMILES string of the molecule is CCOc1ccc(C(=O)N2C3CCC2CC(=C2CCC2)C3)cc1. The Bertz CT molecular complexity index is 610. The zero-order chi connectivity index (χ0) is 15.8. The average molecular weight is 311 g/mol. The number of fused-ring (bicyclic) bond motifs is 2. The predicted octanol–water partition coefficient (Wildman–Crippen LogP) is 4.33. The lowest BCUT2D eigenvalue weighted by Gasteiger charge is -2.38. The summed E-state index contributed by atoms with van der Waals surface area (Å²) < 4.78 is 5.47. The molecule has 2 atom stereocenters. The van der Waals surface area contributed by atoms with E-state index in [1.165, 1.54) is 32.1 Å². The van der Waals surface area contributed by atoms with Gasteiger partial charge in [0, 0.05) is 17.6 Å². The van der Waals surface area contributed by atoms with E-state index in [0.29, 0.717) is 18.7 Å². The van der Waals surface area contributed by atoms with Crippen molar-refractivity contribution in [3.63, 3.8) is 0 Å². The van der Waals surface area contributed by atoms with Crippen molar-refractivity contribution in [2.45, 2.75) is 64.0 Å². The summed E-state index contributed by atoms with van der Waals surface area (Å²) in [6.45, 7) is 2.62. The van der Waals surface area contributed by atoms with Crippen molar-refractivity contribution in [3.8, 4) is 5.75 Å². The zero-order valence-electron chi connectivity index (χ0n) is 13.9. The van der Waals surface area contributed by atoms with E-state index >= 15 is 0 Å². The second-order valence-corrected chi connectivity index (χ2v) is 7.02. The van der Waals surface area contributed by atoms with Crippen molar-refractivity contribution in [1.29, 1.82) is 0 Å². The van der Waals surface area contributed by atoms with Crippen LogP contribution < -0.4 is 4.74 Å². The Morgan fingerprint density at radius 2 is 1.74 bits per heavy atom.